The molecule has 1 aromatic rings. The highest BCUT2D eigenvalue weighted by molar-refractivity contribution is 5.14. The molecule has 1 unspecified atom stereocenters. The minimum absolute atomic E-state index is 0.890. The van der Waals surface area contributed by atoms with Crippen LogP contribution in [0.15, 0.2) is 30.3 Å². The summed E-state index contributed by atoms with van der Waals surface area (Å²) in [6, 6.07) is 10.8. The third kappa shape index (κ3) is 2.85. The minimum Gasteiger partial charge on any atom is -0.299 e. The average Bonchev–Trinajstić information content (AvgIpc) is 2.78. The summed E-state index contributed by atoms with van der Waals surface area (Å²) >= 11 is 0. The van der Waals surface area contributed by atoms with Gasteiger partial charge in [0.2, 0.25) is 0 Å². The first-order valence-electron chi connectivity index (χ1n) is 6.56. The zero-order chi connectivity index (χ0) is 11.4. The Morgan fingerprint density at radius 3 is 2.75 bits per heavy atom. The average molecular weight is 217 g/mol. The molecule has 0 aromatic heterocycles. The number of likely N-dealkylation sites (tertiary alicyclic amines) is 1. The van der Waals surface area contributed by atoms with Crippen LogP contribution in [0.3, 0.4) is 0 Å². The van der Waals surface area contributed by atoms with Gasteiger partial charge in [0, 0.05) is 13.1 Å². The molecule has 0 saturated carbocycles. The van der Waals surface area contributed by atoms with Crippen LogP contribution in [0.2, 0.25) is 0 Å². The second kappa shape index (κ2) is 5.49. The third-order valence-electron chi connectivity index (χ3n) is 4.01. The van der Waals surface area contributed by atoms with E-state index in [1.807, 2.05) is 0 Å². The molecule has 0 radical (unpaired) electrons. The van der Waals surface area contributed by atoms with E-state index in [2.05, 4.69) is 49.1 Å². The summed E-state index contributed by atoms with van der Waals surface area (Å²) in [5.41, 5.74) is 1.45. The van der Waals surface area contributed by atoms with E-state index in [-0.39, 0.29) is 0 Å². The van der Waals surface area contributed by atoms with E-state index in [0.717, 1.165) is 18.4 Å². The van der Waals surface area contributed by atoms with Crippen molar-refractivity contribution in [2.24, 2.45) is 11.8 Å². The fraction of sp³-hybridized carbons (Fsp3) is 0.600. The maximum absolute atomic E-state index is 2.60. The number of rotatable bonds is 4. The van der Waals surface area contributed by atoms with Crippen molar-refractivity contribution in [1.82, 2.24) is 4.90 Å². The quantitative estimate of drug-likeness (QED) is 0.745. The fourth-order valence-electron chi connectivity index (χ4n) is 2.65. The van der Waals surface area contributed by atoms with Crippen LogP contribution in [0.1, 0.15) is 32.3 Å². The molecular formula is C15H23N. The molecule has 1 saturated heterocycles. The Labute approximate surface area is 99.5 Å². The van der Waals surface area contributed by atoms with Crippen LogP contribution in [0.25, 0.3) is 0 Å². The first-order chi connectivity index (χ1) is 7.79. The lowest BCUT2D eigenvalue weighted by Gasteiger charge is -2.19. The van der Waals surface area contributed by atoms with Crippen molar-refractivity contribution in [2.45, 2.75) is 33.2 Å². The molecule has 1 heterocycles. The third-order valence-corrected chi connectivity index (χ3v) is 4.01. The summed E-state index contributed by atoms with van der Waals surface area (Å²) in [4.78, 5) is 2.60. The largest absolute Gasteiger partial charge is 0.299 e. The lowest BCUT2D eigenvalue weighted by Crippen LogP contribution is -2.21. The normalized spacial score (nSPS) is 23.5. The van der Waals surface area contributed by atoms with Gasteiger partial charge in [-0.05, 0) is 30.4 Å². The van der Waals surface area contributed by atoms with Gasteiger partial charge in [-0.25, -0.2) is 0 Å². The Morgan fingerprint density at radius 1 is 1.31 bits per heavy atom. The molecule has 2 atom stereocenters. The zero-order valence-corrected chi connectivity index (χ0v) is 10.5. The number of nitrogens with zero attached hydrogens (tertiary/aromatic N) is 1. The minimum atomic E-state index is 0.890. The molecule has 0 spiro atoms. The monoisotopic (exact) mass is 217 g/mol. The topological polar surface area (TPSA) is 3.24 Å². The van der Waals surface area contributed by atoms with Crippen LogP contribution in [-0.2, 0) is 6.54 Å². The van der Waals surface area contributed by atoms with Crippen LogP contribution in [0.5, 0.6) is 0 Å². The van der Waals surface area contributed by atoms with Crippen molar-refractivity contribution < 1.29 is 0 Å². The van der Waals surface area contributed by atoms with Crippen molar-refractivity contribution in [3.63, 3.8) is 0 Å². The van der Waals surface area contributed by atoms with E-state index in [0.29, 0.717) is 0 Å². The molecule has 2 rings (SSSR count). The molecule has 0 N–H and O–H groups in total. The predicted octanol–water partition coefficient (Wildman–Crippen LogP) is 3.55. The summed E-state index contributed by atoms with van der Waals surface area (Å²) in [6.07, 6.45) is 2.71. The Morgan fingerprint density at radius 2 is 2.06 bits per heavy atom. The van der Waals surface area contributed by atoms with Crippen molar-refractivity contribution in [2.75, 3.05) is 13.1 Å². The highest BCUT2D eigenvalue weighted by atomic mass is 15.1. The molecular weight excluding hydrogens is 194 g/mol. The van der Waals surface area contributed by atoms with Gasteiger partial charge >= 0.3 is 0 Å². The van der Waals surface area contributed by atoms with Gasteiger partial charge in [0.05, 0.1) is 0 Å². The predicted molar refractivity (Wildman–Crippen MR) is 69.3 cm³/mol. The van der Waals surface area contributed by atoms with E-state index in [1.54, 1.807) is 0 Å². The lowest BCUT2D eigenvalue weighted by molar-refractivity contribution is 0.287. The number of hydrogen-bond acceptors (Lipinski definition) is 1. The number of hydrogen-bond donors (Lipinski definition) is 0. The second-order valence-corrected chi connectivity index (χ2v) is 5.16. The maximum Gasteiger partial charge on any atom is 0.0233 e. The molecule has 1 nitrogen and oxygen atoms in total. The molecule has 1 aliphatic rings. The molecule has 0 amide bonds. The van der Waals surface area contributed by atoms with E-state index in [1.165, 1.54) is 31.5 Å². The van der Waals surface area contributed by atoms with Crippen LogP contribution >= 0.6 is 0 Å². The maximum atomic E-state index is 2.60. The zero-order valence-electron chi connectivity index (χ0n) is 10.5. The molecule has 88 valence electrons. The summed E-state index contributed by atoms with van der Waals surface area (Å²) in [5, 5.41) is 0. The van der Waals surface area contributed by atoms with Gasteiger partial charge in [-0.3, -0.25) is 4.90 Å². The highest BCUT2D eigenvalue weighted by Crippen LogP contribution is 2.26. The second-order valence-electron chi connectivity index (χ2n) is 5.16. The molecule has 1 aliphatic heterocycles. The van der Waals surface area contributed by atoms with Gasteiger partial charge < -0.3 is 0 Å². The van der Waals surface area contributed by atoms with Crippen molar-refractivity contribution in [3.05, 3.63) is 35.9 Å². The van der Waals surface area contributed by atoms with Crippen molar-refractivity contribution in [1.29, 1.82) is 0 Å². The Bertz CT molecular complexity index is 306. The highest BCUT2D eigenvalue weighted by Gasteiger charge is 2.25. The van der Waals surface area contributed by atoms with Gasteiger partial charge in [0.1, 0.15) is 0 Å². The smallest absolute Gasteiger partial charge is 0.0233 e. The standard InChI is InChI=1S/C15H23N/c1-3-13(2)15-9-10-16(12-15)11-14-7-5-4-6-8-14/h4-8,13,15H,3,9-12H2,1-2H3/t13-,15?/m1/s1. The molecule has 1 aromatic carbocycles. The number of benzene rings is 1. The molecule has 16 heavy (non-hydrogen) atoms. The van der Waals surface area contributed by atoms with Crippen LogP contribution in [0, 0.1) is 11.8 Å². The van der Waals surface area contributed by atoms with Crippen LogP contribution < -0.4 is 0 Å². The van der Waals surface area contributed by atoms with E-state index < -0.39 is 0 Å². The lowest BCUT2D eigenvalue weighted by atomic mass is 9.91. The Hall–Kier alpha value is -0.820. The Kier molecular flexibility index (Phi) is 4.00. The van der Waals surface area contributed by atoms with Gasteiger partial charge in [-0.2, -0.15) is 0 Å². The fourth-order valence-corrected chi connectivity index (χ4v) is 2.65. The van der Waals surface area contributed by atoms with Crippen LogP contribution in [-0.4, -0.2) is 18.0 Å². The van der Waals surface area contributed by atoms with Crippen LogP contribution in [0.4, 0.5) is 0 Å². The summed E-state index contributed by atoms with van der Waals surface area (Å²) < 4.78 is 0. The summed E-state index contributed by atoms with van der Waals surface area (Å²) in [6.45, 7) is 8.42. The summed E-state index contributed by atoms with van der Waals surface area (Å²) in [5.74, 6) is 1.81. The molecule has 1 fully saturated rings. The van der Waals surface area contributed by atoms with Crippen molar-refractivity contribution in [3.8, 4) is 0 Å². The van der Waals surface area contributed by atoms with Gasteiger partial charge in [0.15, 0.2) is 0 Å². The van der Waals surface area contributed by atoms with Gasteiger partial charge in [-0.1, -0.05) is 50.6 Å². The van der Waals surface area contributed by atoms with E-state index in [4.69, 9.17) is 0 Å². The summed E-state index contributed by atoms with van der Waals surface area (Å²) in [7, 11) is 0. The van der Waals surface area contributed by atoms with E-state index >= 15 is 0 Å². The SMILES string of the molecule is CC[C@@H](C)C1CCN(Cc2ccccc2)C1. The molecule has 0 bridgehead atoms. The van der Waals surface area contributed by atoms with Gasteiger partial charge in [-0.15, -0.1) is 0 Å². The van der Waals surface area contributed by atoms with Crippen molar-refractivity contribution >= 4 is 0 Å². The molecule has 0 aliphatic carbocycles. The first kappa shape index (κ1) is 11.7. The first-order valence-corrected chi connectivity index (χ1v) is 6.56. The Balaban J connectivity index is 1.85. The molecule has 1 heteroatoms. The van der Waals surface area contributed by atoms with Gasteiger partial charge in [0.25, 0.3) is 0 Å². The van der Waals surface area contributed by atoms with E-state index in [9.17, 15) is 0 Å².